The average molecular weight is 814 g/mol. The van der Waals surface area contributed by atoms with Crippen LogP contribution in [-0.2, 0) is 31.9 Å². The van der Waals surface area contributed by atoms with E-state index in [4.69, 9.17) is 9.97 Å². The molecule has 0 saturated heterocycles. The summed E-state index contributed by atoms with van der Waals surface area (Å²) in [4.78, 5) is 9.70. The van der Waals surface area contributed by atoms with E-state index >= 15 is 0 Å². The molecular formula is C46H38N2Pt. The molecule has 0 spiro atoms. The van der Waals surface area contributed by atoms with Gasteiger partial charge in [-0.05, 0) is 55.6 Å². The smallest absolute Gasteiger partial charge is 0.295 e. The first-order valence-electron chi connectivity index (χ1n) is 16.7. The third-order valence-corrected chi connectivity index (χ3v) is 9.63. The van der Waals surface area contributed by atoms with E-state index in [1.807, 2.05) is 12.4 Å². The molecule has 0 N–H and O–H groups in total. The van der Waals surface area contributed by atoms with Crippen molar-refractivity contribution in [1.29, 1.82) is 0 Å². The summed E-state index contributed by atoms with van der Waals surface area (Å²) in [5.74, 6) is 0. The van der Waals surface area contributed by atoms with E-state index in [0.717, 1.165) is 44.4 Å². The summed E-state index contributed by atoms with van der Waals surface area (Å²) < 4.78 is 0. The van der Waals surface area contributed by atoms with Gasteiger partial charge in [0, 0.05) is 23.8 Å². The molecule has 0 atom stereocenters. The van der Waals surface area contributed by atoms with E-state index in [1.165, 1.54) is 43.4 Å². The Kier molecular flexibility index (Phi) is 8.28. The zero-order chi connectivity index (χ0) is 33.2. The molecule has 49 heavy (non-hydrogen) atoms. The minimum atomic E-state index is -0.000407. The summed E-state index contributed by atoms with van der Waals surface area (Å²) in [5, 5.41) is 9.51. The summed E-state index contributed by atoms with van der Waals surface area (Å²) >= 11 is 0. The van der Waals surface area contributed by atoms with Gasteiger partial charge in [-0.2, -0.15) is 0 Å². The number of hydrogen-bond acceptors (Lipinski definition) is 2. The molecule has 0 unspecified atom stereocenters. The fourth-order valence-corrected chi connectivity index (χ4v) is 6.95. The Labute approximate surface area is 303 Å². The van der Waals surface area contributed by atoms with Gasteiger partial charge in [0.2, 0.25) is 0 Å². The van der Waals surface area contributed by atoms with E-state index in [-0.39, 0.29) is 31.9 Å². The van der Waals surface area contributed by atoms with Crippen LogP contribution in [0.25, 0.3) is 76.7 Å². The van der Waals surface area contributed by atoms with Crippen molar-refractivity contribution in [3.05, 3.63) is 145 Å². The molecule has 6 aromatic carbocycles. The Morgan fingerprint density at radius 3 is 1.65 bits per heavy atom. The standard InChI is InChI=1S/C46H38N2.Pt/c1-45(2,3)32-20-22-47-42(27-32)30-19-18-29-12-11-17-37(39(29)24-30)41-26-31(43-28-33(21-23-48-43)46(4,5)6)25-40-36-15-8-7-13-34(36)35-14-9-10-16-38(35)44(40)41;/h7-23,25,27-28H,1-6H3;/q-2;+2. The number of aromatic nitrogens is 2. The maximum atomic E-state index is 4.90. The molecule has 0 aliphatic rings. The van der Waals surface area contributed by atoms with Gasteiger partial charge in [0.25, 0.3) is 0 Å². The molecule has 242 valence electrons. The van der Waals surface area contributed by atoms with Crippen LogP contribution in [0.2, 0.25) is 0 Å². The van der Waals surface area contributed by atoms with E-state index < -0.39 is 0 Å². The second kappa shape index (κ2) is 12.3. The largest absolute Gasteiger partial charge is 2.00 e. The van der Waals surface area contributed by atoms with Crippen molar-refractivity contribution < 1.29 is 21.1 Å². The summed E-state index contributed by atoms with van der Waals surface area (Å²) in [7, 11) is 0. The van der Waals surface area contributed by atoms with Gasteiger partial charge in [0.1, 0.15) is 0 Å². The minimum absolute atomic E-state index is 0. The Morgan fingerprint density at radius 1 is 0.490 bits per heavy atom. The molecule has 8 rings (SSSR count). The van der Waals surface area contributed by atoms with Gasteiger partial charge in [-0.1, -0.05) is 153 Å². The second-order valence-electron chi connectivity index (χ2n) is 14.9. The monoisotopic (exact) mass is 813 g/mol. The van der Waals surface area contributed by atoms with Crippen molar-refractivity contribution in [2.24, 2.45) is 0 Å². The average Bonchev–Trinajstić information content (AvgIpc) is 3.10. The van der Waals surface area contributed by atoms with Crippen LogP contribution < -0.4 is 0 Å². The molecule has 0 aliphatic heterocycles. The molecule has 0 bridgehead atoms. The van der Waals surface area contributed by atoms with Crippen molar-refractivity contribution in [3.63, 3.8) is 0 Å². The summed E-state index contributed by atoms with van der Waals surface area (Å²) in [6.45, 7) is 13.5. The quantitative estimate of drug-likeness (QED) is 0.131. The van der Waals surface area contributed by atoms with Crippen molar-refractivity contribution in [1.82, 2.24) is 9.97 Å². The number of nitrogens with zero attached hydrogens (tertiary/aromatic N) is 2. The van der Waals surface area contributed by atoms with E-state index in [9.17, 15) is 0 Å². The number of rotatable bonds is 3. The van der Waals surface area contributed by atoms with Crippen molar-refractivity contribution in [2.45, 2.75) is 52.4 Å². The predicted molar refractivity (Wildman–Crippen MR) is 203 cm³/mol. The van der Waals surface area contributed by atoms with Crippen LogP contribution in [-0.4, -0.2) is 9.97 Å². The van der Waals surface area contributed by atoms with Crippen LogP contribution in [0.15, 0.2) is 122 Å². The second-order valence-corrected chi connectivity index (χ2v) is 14.9. The maximum Gasteiger partial charge on any atom is 2.00 e. The SMILES string of the molecule is CC(C)(C)c1ccnc(-c2[c-]c3c(-c4[c-]c(-c5cc(C(C)(C)C)ccn5)cc5c6ccccc6c6ccccc6c45)cccc3cc2)c1.[Pt+2]. The van der Waals surface area contributed by atoms with Gasteiger partial charge in [0.05, 0.1) is 0 Å². The first-order valence-corrected chi connectivity index (χ1v) is 16.7. The van der Waals surface area contributed by atoms with Crippen LogP contribution in [0, 0.1) is 12.1 Å². The van der Waals surface area contributed by atoms with Crippen molar-refractivity contribution >= 4 is 43.1 Å². The van der Waals surface area contributed by atoms with Crippen molar-refractivity contribution in [2.75, 3.05) is 0 Å². The normalized spacial score (nSPS) is 12.1. The molecule has 2 heterocycles. The molecule has 8 aromatic rings. The van der Waals surface area contributed by atoms with Gasteiger partial charge in [0.15, 0.2) is 0 Å². The molecular weight excluding hydrogens is 776 g/mol. The Hall–Kier alpha value is -4.65. The van der Waals surface area contributed by atoms with E-state index in [1.54, 1.807) is 0 Å². The third kappa shape index (κ3) is 5.87. The fourth-order valence-electron chi connectivity index (χ4n) is 6.95. The molecule has 3 heteroatoms. The summed E-state index contributed by atoms with van der Waals surface area (Å²) in [6, 6.07) is 47.1. The van der Waals surface area contributed by atoms with Crippen LogP contribution in [0.1, 0.15) is 52.7 Å². The zero-order valence-electron chi connectivity index (χ0n) is 28.8. The van der Waals surface area contributed by atoms with Gasteiger partial charge in [-0.15, -0.1) is 41.3 Å². The molecule has 0 saturated carbocycles. The summed E-state index contributed by atoms with van der Waals surface area (Å²) in [6.07, 6.45) is 3.85. The Balaban J connectivity index is 0.00000378. The zero-order valence-corrected chi connectivity index (χ0v) is 31.0. The molecule has 0 amide bonds. The molecule has 2 nitrogen and oxygen atoms in total. The molecule has 0 fully saturated rings. The van der Waals surface area contributed by atoms with E-state index in [2.05, 4.69) is 163 Å². The Bertz CT molecular complexity index is 2530. The van der Waals surface area contributed by atoms with Crippen LogP contribution in [0.4, 0.5) is 0 Å². The third-order valence-electron chi connectivity index (χ3n) is 9.63. The van der Waals surface area contributed by atoms with Crippen LogP contribution in [0.5, 0.6) is 0 Å². The number of pyridine rings is 2. The summed E-state index contributed by atoms with van der Waals surface area (Å²) in [5.41, 5.74) is 8.51. The maximum absolute atomic E-state index is 4.90. The van der Waals surface area contributed by atoms with Crippen molar-refractivity contribution in [3.8, 4) is 33.6 Å². The molecule has 0 radical (unpaired) electrons. The van der Waals surface area contributed by atoms with Crippen LogP contribution >= 0.6 is 0 Å². The number of fused-ring (bicyclic) bond motifs is 7. The van der Waals surface area contributed by atoms with E-state index in [0.29, 0.717) is 0 Å². The van der Waals surface area contributed by atoms with Gasteiger partial charge >= 0.3 is 21.1 Å². The minimum Gasteiger partial charge on any atom is -0.295 e. The molecule has 0 aliphatic carbocycles. The predicted octanol–water partition coefficient (Wildman–Crippen LogP) is 12.3. The first-order chi connectivity index (χ1) is 23.1. The van der Waals surface area contributed by atoms with Gasteiger partial charge in [-0.3, -0.25) is 9.97 Å². The Morgan fingerprint density at radius 2 is 1.04 bits per heavy atom. The topological polar surface area (TPSA) is 25.8 Å². The number of benzene rings is 6. The van der Waals surface area contributed by atoms with Gasteiger partial charge in [-0.25, -0.2) is 0 Å². The van der Waals surface area contributed by atoms with Gasteiger partial charge < -0.3 is 0 Å². The number of hydrogen-bond donors (Lipinski definition) is 0. The fraction of sp³-hybridized carbons (Fsp3) is 0.174. The first kappa shape index (κ1) is 32.9. The van der Waals surface area contributed by atoms with Crippen LogP contribution in [0.3, 0.4) is 0 Å². The molecule has 2 aromatic heterocycles.